The second-order valence-corrected chi connectivity index (χ2v) is 5.16. The van der Waals surface area contributed by atoms with Gasteiger partial charge >= 0.3 is 0 Å². The van der Waals surface area contributed by atoms with Crippen LogP contribution in [0.25, 0.3) is 0 Å². The van der Waals surface area contributed by atoms with Crippen molar-refractivity contribution >= 4 is 17.5 Å². The van der Waals surface area contributed by atoms with Gasteiger partial charge in [0, 0.05) is 38.4 Å². The molecular formula is C15H24N4O2. The lowest BCUT2D eigenvalue weighted by Gasteiger charge is -2.11. The topological polar surface area (TPSA) is 83.1 Å². The highest BCUT2D eigenvalue weighted by molar-refractivity contribution is 5.99. The number of aromatic nitrogens is 1. The van der Waals surface area contributed by atoms with Gasteiger partial charge in [-0.15, -0.1) is 0 Å². The van der Waals surface area contributed by atoms with E-state index in [-0.39, 0.29) is 18.2 Å². The molecule has 3 N–H and O–H groups in total. The van der Waals surface area contributed by atoms with Gasteiger partial charge in [0.2, 0.25) is 5.91 Å². The quantitative estimate of drug-likeness (QED) is 0.676. The molecule has 2 amide bonds. The van der Waals surface area contributed by atoms with Gasteiger partial charge in [-0.2, -0.15) is 0 Å². The lowest BCUT2D eigenvalue weighted by molar-refractivity contribution is -0.121. The molecule has 0 spiro atoms. The molecule has 1 heterocycles. The fraction of sp³-hybridized carbons (Fsp3) is 0.533. The third-order valence-corrected chi connectivity index (χ3v) is 2.78. The summed E-state index contributed by atoms with van der Waals surface area (Å²) < 4.78 is 0. The molecule has 0 aliphatic rings. The van der Waals surface area contributed by atoms with E-state index in [9.17, 15) is 9.59 Å². The lowest BCUT2D eigenvalue weighted by atomic mass is 10.2. The van der Waals surface area contributed by atoms with Crippen LogP contribution in [0.3, 0.4) is 0 Å². The molecule has 116 valence electrons. The Morgan fingerprint density at radius 1 is 1.29 bits per heavy atom. The molecule has 1 rings (SSSR count). The van der Waals surface area contributed by atoms with E-state index in [4.69, 9.17) is 0 Å². The number of carbonyl (C=O) groups excluding carboxylic acids is 2. The maximum Gasteiger partial charge on any atom is 0.254 e. The number of nitrogens with one attached hydrogen (secondary N) is 3. The van der Waals surface area contributed by atoms with Crippen molar-refractivity contribution in [3.63, 3.8) is 0 Å². The molecule has 1 aromatic heterocycles. The summed E-state index contributed by atoms with van der Waals surface area (Å²) in [7, 11) is 0. The van der Waals surface area contributed by atoms with Crippen LogP contribution in [-0.4, -0.2) is 36.4 Å². The summed E-state index contributed by atoms with van der Waals surface area (Å²) in [6, 6.07) is 1.76. The summed E-state index contributed by atoms with van der Waals surface area (Å²) in [6.45, 7) is 7.71. The Labute approximate surface area is 125 Å². The van der Waals surface area contributed by atoms with Crippen molar-refractivity contribution in [2.24, 2.45) is 5.92 Å². The minimum Gasteiger partial charge on any atom is -0.385 e. The number of nitrogens with zero attached hydrogens (tertiary/aromatic N) is 1. The van der Waals surface area contributed by atoms with E-state index >= 15 is 0 Å². The minimum atomic E-state index is -0.226. The molecule has 0 atom stereocenters. The SMILES string of the molecule is CCNc1ccncc1C(=O)NCCC(=O)NCC(C)C. The van der Waals surface area contributed by atoms with E-state index in [1.165, 1.54) is 6.20 Å². The number of hydrogen-bond acceptors (Lipinski definition) is 4. The second kappa shape index (κ2) is 8.94. The first-order valence-electron chi connectivity index (χ1n) is 7.27. The van der Waals surface area contributed by atoms with E-state index in [1.807, 2.05) is 20.8 Å². The van der Waals surface area contributed by atoms with E-state index in [0.29, 0.717) is 24.6 Å². The van der Waals surface area contributed by atoms with Gasteiger partial charge in [-0.3, -0.25) is 14.6 Å². The van der Waals surface area contributed by atoms with Crippen molar-refractivity contribution in [1.29, 1.82) is 0 Å². The van der Waals surface area contributed by atoms with Gasteiger partial charge in [0.15, 0.2) is 0 Å². The molecule has 0 unspecified atom stereocenters. The number of rotatable bonds is 8. The summed E-state index contributed by atoms with van der Waals surface area (Å²) in [4.78, 5) is 27.6. The summed E-state index contributed by atoms with van der Waals surface area (Å²) in [5.74, 6) is 0.138. The zero-order chi connectivity index (χ0) is 15.7. The van der Waals surface area contributed by atoms with Gasteiger partial charge < -0.3 is 16.0 Å². The van der Waals surface area contributed by atoms with Crippen molar-refractivity contribution < 1.29 is 9.59 Å². The number of carbonyl (C=O) groups is 2. The Kier molecular flexibility index (Phi) is 7.21. The van der Waals surface area contributed by atoms with Crippen LogP contribution in [0, 0.1) is 5.92 Å². The molecule has 0 aliphatic heterocycles. The molecular weight excluding hydrogens is 268 g/mol. The molecule has 0 aliphatic carbocycles. The highest BCUT2D eigenvalue weighted by atomic mass is 16.2. The van der Waals surface area contributed by atoms with Crippen LogP contribution in [0.15, 0.2) is 18.5 Å². The minimum absolute atomic E-state index is 0.0536. The normalized spacial score (nSPS) is 10.3. The van der Waals surface area contributed by atoms with Gasteiger partial charge in [0.05, 0.1) is 11.3 Å². The Bertz CT molecular complexity index is 474. The molecule has 0 saturated heterocycles. The van der Waals surface area contributed by atoms with E-state index in [0.717, 1.165) is 12.2 Å². The highest BCUT2D eigenvalue weighted by Gasteiger charge is 2.11. The third-order valence-electron chi connectivity index (χ3n) is 2.78. The third kappa shape index (κ3) is 6.25. The Morgan fingerprint density at radius 3 is 2.71 bits per heavy atom. The maximum atomic E-state index is 12.1. The molecule has 0 fully saturated rings. The van der Waals surface area contributed by atoms with Crippen molar-refractivity contribution in [3.8, 4) is 0 Å². The highest BCUT2D eigenvalue weighted by Crippen LogP contribution is 2.12. The van der Waals surface area contributed by atoms with Gasteiger partial charge in [-0.25, -0.2) is 0 Å². The number of hydrogen-bond donors (Lipinski definition) is 3. The van der Waals surface area contributed by atoms with E-state index in [2.05, 4.69) is 20.9 Å². The molecule has 6 nitrogen and oxygen atoms in total. The van der Waals surface area contributed by atoms with Gasteiger partial charge in [-0.05, 0) is 18.9 Å². The predicted octanol–water partition coefficient (Wildman–Crippen LogP) is 1.41. The van der Waals surface area contributed by atoms with E-state index in [1.54, 1.807) is 12.3 Å². The van der Waals surface area contributed by atoms with Crippen LogP contribution in [0.5, 0.6) is 0 Å². The summed E-state index contributed by atoms with van der Waals surface area (Å²) in [6.07, 6.45) is 3.43. The monoisotopic (exact) mass is 292 g/mol. The summed E-state index contributed by atoms with van der Waals surface area (Å²) in [5.41, 5.74) is 1.23. The molecule has 0 radical (unpaired) electrons. The van der Waals surface area contributed by atoms with Crippen molar-refractivity contribution in [3.05, 3.63) is 24.0 Å². The molecule has 0 aromatic carbocycles. The number of anilines is 1. The zero-order valence-electron chi connectivity index (χ0n) is 12.9. The number of amides is 2. The largest absolute Gasteiger partial charge is 0.385 e. The van der Waals surface area contributed by atoms with Crippen molar-refractivity contribution in [1.82, 2.24) is 15.6 Å². The average molecular weight is 292 g/mol. The second-order valence-electron chi connectivity index (χ2n) is 5.16. The van der Waals surface area contributed by atoms with Crippen LogP contribution < -0.4 is 16.0 Å². The fourth-order valence-electron chi connectivity index (χ4n) is 1.71. The van der Waals surface area contributed by atoms with Crippen molar-refractivity contribution in [2.75, 3.05) is 25.0 Å². The Balaban J connectivity index is 2.42. The Morgan fingerprint density at radius 2 is 2.05 bits per heavy atom. The first kappa shape index (κ1) is 16.9. The van der Waals surface area contributed by atoms with Gasteiger partial charge in [0.1, 0.15) is 0 Å². The fourth-order valence-corrected chi connectivity index (χ4v) is 1.71. The standard InChI is InChI=1S/C15H24N4O2/c1-4-17-13-5-7-16-10-12(13)15(21)18-8-6-14(20)19-9-11(2)3/h5,7,10-11H,4,6,8-9H2,1-3H3,(H,16,17)(H,18,21)(H,19,20). The Hall–Kier alpha value is -2.11. The van der Waals surface area contributed by atoms with E-state index < -0.39 is 0 Å². The van der Waals surface area contributed by atoms with Crippen LogP contribution in [-0.2, 0) is 4.79 Å². The zero-order valence-corrected chi connectivity index (χ0v) is 12.9. The van der Waals surface area contributed by atoms with Crippen LogP contribution in [0.4, 0.5) is 5.69 Å². The molecule has 6 heteroatoms. The molecule has 0 bridgehead atoms. The predicted molar refractivity (Wildman–Crippen MR) is 83.2 cm³/mol. The maximum absolute atomic E-state index is 12.1. The molecule has 21 heavy (non-hydrogen) atoms. The average Bonchev–Trinajstić information content (AvgIpc) is 2.46. The van der Waals surface area contributed by atoms with Crippen LogP contribution >= 0.6 is 0 Å². The molecule has 1 aromatic rings. The lowest BCUT2D eigenvalue weighted by Crippen LogP contribution is -2.32. The smallest absolute Gasteiger partial charge is 0.254 e. The number of pyridine rings is 1. The molecule has 0 saturated carbocycles. The van der Waals surface area contributed by atoms with Crippen molar-refractivity contribution in [2.45, 2.75) is 27.2 Å². The van der Waals surface area contributed by atoms with Gasteiger partial charge in [0.25, 0.3) is 5.91 Å². The first-order valence-corrected chi connectivity index (χ1v) is 7.27. The summed E-state index contributed by atoms with van der Waals surface area (Å²) >= 11 is 0. The van der Waals surface area contributed by atoms with Crippen LogP contribution in [0.2, 0.25) is 0 Å². The van der Waals surface area contributed by atoms with Crippen LogP contribution in [0.1, 0.15) is 37.6 Å². The first-order chi connectivity index (χ1) is 10.0. The summed E-state index contributed by atoms with van der Waals surface area (Å²) in [5, 5.41) is 8.66. The van der Waals surface area contributed by atoms with Gasteiger partial charge in [-0.1, -0.05) is 13.8 Å².